The maximum atomic E-state index is 12.2. The summed E-state index contributed by atoms with van der Waals surface area (Å²) in [5.74, 6) is 0.576. The molecule has 1 amide bonds. The van der Waals surface area contributed by atoms with Gasteiger partial charge in [-0.05, 0) is 24.3 Å². The summed E-state index contributed by atoms with van der Waals surface area (Å²) in [6.45, 7) is 1.35. The number of ether oxygens (including phenoxy) is 1. The fraction of sp³-hybridized carbons (Fsp3) is 0.375. The molecule has 5 nitrogen and oxygen atoms in total. The summed E-state index contributed by atoms with van der Waals surface area (Å²) < 4.78 is 4.98. The second kappa shape index (κ2) is 7.59. The van der Waals surface area contributed by atoms with E-state index in [1.54, 1.807) is 14.2 Å². The highest BCUT2D eigenvalue weighted by atomic mass is 16.5. The van der Waals surface area contributed by atoms with Gasteiger partial charge in [0.1, 0.15) is 11.5 Å². The molecule has 1 aromatic heterocycles. The largest absolute Gasteiger partial charge is 0.385 e. The zero-order chi connectivity index (χ0) is 15.1. The number of amides is 1. The summed E-state index contributed by atoms with van der Waals surface area (Å²) in [6.07, 6.45) is 1.83. The molecule has 0 aliphatic rings. The van der Waals surface area contributed by atoms with Crippen molar-refractivity contribution in [3.05, 3.63) is 36.0 Å². The van der Waals surface area contributed by atoms with E-state index in [0.717, 1.165) is 29.4 Å². The van der Waals surface area contributed by atoms with Crippen molar-refractivity contribution in [2.24, 2.45) is 0 Å². The van der Waals surface area contributed by atoms with Gasteiger partial charge in [-0.25, -0.2) is 4.98 Å². The van der Waals surface area contributed by atoms with Gasteiger partial charge in [0.25, 0.3) is 5.91 Å². The molecule has 0 saturated carbocycles. The third-order valence-electron chi connectivity index (χ3n) is 3.27. The molecule has 0 bridgehead atoms. The number of unbranched alkanes of at least 4 members (excludes halogenated alkanes) is 1. The Balaban J connectivity index is 2.09. The second-order valence-electron chi connectivity index (χ2n) is 4.78. The number of aromatic nitrogens is 1. The van der Waals surface area contributed by atoms with Gasteiger partial charge in [0.05, 0.1) is 0 Å². The number of hydrogen-bond acceptors (Lipinski definition) is 4. The van der Waals surface area contributed by atoms with Crippen LogP contribution in [0.4, 0.5) is 5.82 Å². The highest BCUT2D eigenvalue weighted by Crippen LogP contribution is 2.21. The van der Waals surface area contributed by atoms with Crippen molar-refractivity contribution in [1.82, 2.24) is 10.3 Å². The van der Waals surface area contributed by atoms with Crippen LogP contribution < -0.4 is 10.6 Å². The van der Waals surface area contributed by atoms with Gasteiger partial charge in [-0.2, -0.15) is 0 Å². The van der Waals surface area contributed by atoms with Gasteiger partial charge in [-0.15, -0.1) is 0 Å². The van der Waals surface area contributed by atoms with Crippen LogP contribution in [0.2, 0.25) is 0 Å². The molecule has 0 unspecified atom stereocenters. The molecule has 2 N–H and O–H groups in total. The lowest BCUT2D eigenvalue weighted by molar-refractivity contribution is 0.0946. The molecule has 2 aromatic rings. The maximum absolute atomic E-state index is 12.2. The average Bonchev–Trinajstić information content (AvgIpc) is 2.53. The third kappa shape index (κ3) is 3.92. The first-order valence-corrected chi connectivity index (χ1v) is 7.11. The summed E-state index contributed by atoms with van der Waals surface area (Å²) in [7, 11) is 3.48. The standard InChI is InChI=1S/C16H21N3O2/c1-17-15-13-8-4-3-7-12(13)11-14(19-15)16(20)18-9-5-6-10-21-2/h3-4,7-8,11H,5-6,9-10H2,1-2H3,(H,17,19)(H,18,20). The third-order valence-corrected chi connectivity index (χ3v) is 3.27. The monoisotopic (exact) mass is 287 g/mol. The van der Waals surface area contributed by atoms with Crippen molar-refractivity contribution >= 4 is 22.5 Å². The first-order chi connectivity index (χ1) is 10.3. The fourth-order valence-corrected chi connectivity index (χ4v) is 2.17. The van der Waals surface area contributed by atoms with Gasteiger partial charge in [0.2, 0.25) is 0 Å². The minimum atomic E-state index is -0.144. The number of hydrogen-bond donors (Lipinski definition) is 2. The molecule has 1 heterocycles. The first-order valence-electron chi connectivity index (χ1n) is 7.11. The minimum absolute atomic E-state index is 0.144. The lowest BCUT2D eigenvalue weighted by Crippen LogP contribution is -2.25. The van der Waals surface area contributed by atoms with Crippen LogP contribution in [0.3, 0.4) is 0 Å². The molecular weight excluding hydrogens is 266 g/mol. The number of nitrogens with one attached hydrogen (secondary N) is 2. The van der Waals surface area contributed by atoms with Crippen LogP contribution in [-0.2, 0) is 4.74 Å². The predicted octanol–water partition coefficient (Wildman–Crippen LogP) is 2.43. The Bertz CT molecular complexity index is 613. The second-order valence-corrected chi connectivity index (χ2v) is 4.78. The molecule has 0 radical (unpaired) electrons. The smallest absolute Gasteiger partial charge is 0.269 e. The number of fused-ring (bicyclic) bond motifs is 1. The Morgan fingerprint density at radius 1 is 1.29 bits per heavy atom. The van der Waals surface area contributed by atoms with Crippen molar-refractivity contribution in [3.63, 3.8) is 0 Å². The summed E-state index contributed by atoms with van der Waals surface area (Å²) >= 11 is 0. The molecule has 0 fully saturated rings. The van der Waals surface area contributed by atoms with Crippen LogP contribution in [-0.4, -0.2) is 38.2 Å². The molecule has 0 saturated heterocycles. The van der Waals surface area contributed by atoms with Crippen LogP contribution in [0, 0.1) is 0 Å². The predicted molar refractivity (Wildman–Crippen MR) is 84.7 cm³/mol. The summed E-state index contributed by atoms with van der Waals surface area (Å²) in [4.78, 5) is 16.5. The van der Waals surface area contributed by atoms with E-state index in [-0.39, 0.29) is 5.91 Å². The zero-order valence-corrected chi connectivity index (χ0v) is 12.5. The fourth-order valence-electron chi connectivity index (χ4n) is 2.17. The van der Waals surface area contributed by atoms with E-state index in [1.807, 2.05) is 30.3 Å². The number of pyridine rings is 1. The number of methoxy groups -OCH3 is 1. The van der Waals surface area contributed by atoms with E-state index in [1.165, 1.54) is 0 Å². The first kappa shape index (κ1) is 15.3. The lowest BCUT2D eigenvalue weighted by atomic mass is 10.1. The molecular formula is C16H21N3O2. The number of nitrogens with zero attached hydrogens (tertiary/aromatic N) is 1. The molecule has 0 spiro atoms. The number of rotatable bonds is 7. The van der Waals surface area contributed by atoms with E-state index in [0.29, 0.717) is 18.8 Å². The Hall–Kier alpha value is -2.14. The van der Waals surface area contributed by atoms with Crippen molar-refractivity contribution in [2.45, 2.75) is 12.8 Å². The molecule has 2 rings (SSSR count). The molecule has 112 valence electrons. The lowest BCUT2D eigenvalue weighted by Gasteiger charge is -2.09. The number of carbonyl (C=O) groups excluding carboxylic acids is 1. The topological polar surface area (TPSA) is 63.2 Å². The molecule has 0 aliphatic carbocycles. The number of anilines is 1. The normalized spacial score (nSPS) is 10.6. The van der Waals surface area contributed by atoms with Crippen LogP contribution in [0.5, 0.6) is 0 Å². The van der Waals surface area contributed by atoms with Gasteiger partial charge in [-0.1, -0.05) is 24.3 Å². The Morgan fingerprint density at radius 3 is 2.86 bits per heavy atom. The SMILES string of the molecule is CNc1nc(C(=O)NCCCCOC)cc2ccccc12. The van der Waals surface area contributed by atoms with E-state index in [4.69, 9.17) is 4.74 Å². The minimum Gasteiger partial charge on any atom is -0.385 e. The van der Waals surface area contributed by atoms with Crippen molar-refractivity contribution in [3.8, 4) is 0 Å². The van der Waals surface area contributed by atoms with Crippen LogP contribution in [0.15, 0.2) is 30.3 Å². The summed E-state index contributed by atoms with van der Waals surface area (Å²) in [5.41, 5.74) is 0.435. The maximum Gasteiger partial charge on any atom is 0.269 e. The molecule has 5 heteroatoms. The van der Waals surface area contributed by atoms with Gasteiger partial charge in [-0.3, -0.25) is 4.79 Å². The summed E-state index contributed by atoms with van der Waals surface area (Å²) in [5, 5.41) is 7.94. The Morgan fingerprint density at radius 2 is 2.10 bits per heavy atom. The van der Waals surface area contributed by atoms with Gasteiger partial charge in [0, 0.05) is 32.7 Å². The van der Waals surface area contributed by atoms with E-state index < -0.39 is 0 Å². The van der Waals surface area contributed by atoms with Gasteiger partial charge in [0.15, 0.2) is 0 Å². The molecule has 0 atom stereocenters. The quantitative estimate of drug-likeness (QED) is 0.768. The number of benzene rings is 1. The van der Waals surface area contributed by atoms with Crippen molar-refractivity contribution in [1.29, 1.82) is 0 Å². The van der Waals surface area contributed by atoms with Crippen LogP contribution in [0.1, 0.15) is 23.3 Å². The van der Waals surface area contributed by atoms with Crippen LogP contribution >= 0.6 is 0 Å². The summed E-state index contributed by atoms with van der Waals surface area (Å²) in [6, 6.07) is 9.70. The molecule has 21 heavy (non-hydrogen) atoms. The molecule has 1 aromatic carbocycles. The Kier molecular flexibility index (Phi) is 5.51. The van der Waals surface area contributed by atoms with E-state index >= 15 is 0 Å². The zero-order valence-electron chi connectivity index (χ0n) is 12.5. The Labute approximate surface area is 124 Å². The van der Waals surface area contributed by atoms with E-state index in [9.17, 15) is 4.79 Å². The highest BCUT2D eigenvalue weighted by molar-refractivity contribution is 6.00. The van der Waals surface area contributed by atoms with Gasteiger partial charge < -0.3 is 15.4 Å². The van der Waals surface area contributed by atoms with Crippen LogP contribution in [0.25, 0.3) is 10.8 Å². The van der Waals surface area contributed by atoms with Crippen molar-refractivity contribution in [2.75, 3.05) is 32.6 Å². The molecule has 0 aliphatic heterocycles. The number of carbonyl (C=O) groups is 1. The average molecular weight is 287 g/mol. The van der Waals surface area contributed by atoms with E-state index in [2.05, 4.69) is 15.6 Å². The van der Waals surface area contributed by atoms with Crippen molar-refractivity contribution < 1.29 is 9.53 Å². The highest BCUT2D eigenvalue weighted by Gasteiger charge is 2.10. The van der Waals surface area contributed by atoms with Gasteiger partial charge >= 0.3 is 0 Å².